The Balaban J connectivity index is -0.0000000138. The van der Waals surface area contributed by atoms with Crippen LogP contribution in [0, 0.1) is 5.41 Å². The van der Waals surface area contributed by atoms with E-state index in [1.165, 1.54) is 12.7 Å². The molecule has 142 valence electrons. The van der Waals surface area contributed by atoms with E-state index in [2.05, 4.69) is 41.6 Å². The van der Waals surface area contributed by atoms with Crippen LogP contribution in [-0.4, -0.2) is 46.9 Å². The van der Waals surface area contributed by atoms with Crippen LogP contribution in [0.3, 0.4) is 0 Å². The molecule has 0 saturated carbocycles. The minimum absolute atomic E-state index is 0. The molecule has 0 spiro atoms. The van der Waals surface area contributed by atoms with Crippen molar-refractivity contribution in [2.45, 2.75) is 6.92 Å². The first kappa shape index (κ1) is 63.1. The van der Waals surface area contributed by atoms with E-state index in [-0.39, 0.29) is 201 Å². The second kappa shape index (κ2) is 56.2. The molecule has 8 N–H and O–H groups in total. The van der Waals surface area contributed by atoms with Crippen LogP contribution in [-0.2, 0) is 0 Å². The average Bonchev–Trinajstić information content (AvgIpc) is 2.22. The molecule has 0 bridgehead atoms. The van der Waals surface area contributed by atoms with Crippen LogP contribution >= 0.6 is 71.9 Å². The molecule has 0 heterocycles. The molecule has 13 heteroatoms. The quantitative estimate of drug-likeness (QED) is 0.0878. The van der Waals surface area contributed by atoms with Crippen LogP contribution in [0.1, 0.15) is 6.92 Å². The summed E-state index contributed by atoms with van der Waals surface area (Å²) in [6, 6.07) is 10.2. The van der Waals surface area contributed by atoms with Gasteiger partial charge in [0.1, 0.15) is 0 Å². The van der Waals surface area contributed by atoms with Crippen molar-refractivity contribution in [2.75, 3.05) is 18.9 Å². The number of para-hydroxylation sites is 1. The van der Waals surface area contributed by atoms with Crippen LogP contribution in [0.15, 0.2) is 30.3 Å². The Hall–Kier alpha value is 4.28. The SMILES string of the molecule is CCNc1ccccc1.CN.I.I.I.N=C(N)N.[I-].[I-].[I-].[I-].[Pb+4]. The topological polar surface area (TPSA) is 114 Å². The predicted octanol–water partition coefficient (Wildman–Crippen LogP) is -9.98. The van der Waals surface area contributed by atoms with Gasteiger partial charge in [-0.1, -0.05) is 18.2 Å². The van der Waals surface area contributed by atoms with Crippen molar-refractivity contribution in [1.29, 1.82) is 5.41 Å². The van der Waals surface area contributed by atoms with Gasteiger partial charge in [0.2, 0.25) is 0 Å². The number of halogens is 7. The molecular weight excluding hydrogens is 1290 g/mol. The Labute approximate surface area is 279 Å². The molecule has 0 aliphatic carbocycles. The van der Waals surface area contributed by atoms with Crippen molar-refractivity contribution < 1.29 is 95.9 Å². The summed E-state index contributed by atoms with van der Waals surface area (Å²) < 4.78 is 0. The number of hydrogen-bond acceptors (Lipinski definition) is 3. The summed E-state index contributed by atoms with van der Waals surface area (Å²) in [6.07, 6.45) is 0. The molecule has 0 aliphatic heterocycles. The van der Waals surface area contributed by atoms with E-state index in [0.717, 1.165) is 6.54 Å². The number of anilines is 1. The maximum absolute atomic E-state index is 6.06. The molecule has 0 aliphatic rings. The second-order valence-corrected chi connectivity index (χ2v) is 2.35. The number of guanidine groups is 1. The average molecular weight is 1310 g/mol. The molecule has 5 nitrogen and oxygen atoms in total. The normalized spacial score (nSPS) is 4.83. The smallest absolute Gasteiger partial charge is 1.00 e. The Morgan fingerprint density at radius 2 is 1.17 bits per heavy atom. The fourth-order valence-electron chi connectivity index (χ4n) is 0.760. The van der Waals surface area contributed by atoms with Gasteiger partial charge in [0.15, 0.2) is 5.96 Å². The Kier molecular flexibility index (Phi) is 154. The molecule has 0 unspecified atom stereocenters. The van der Waals surface area contributed by atoms with Crippen molar-refractivity contribution in [3.05, 3.63) is 30.3 Å². The molecule has 1 aromatic rings. The predicted molar refractivity (Wildman–Crippen MR) is 119 cm³/mol. The number of benzene rings is 1. The summed E-state index contributed by atoms with van der Waals surface area (Å²) in [4.78, 5) is 0. The first-order valence-corrected chi connectivity index (χ1v) is 4.63. The number of nitrogens with two attached hydrogens (primary N) is 3. The van der Waals surface area contributed by atoms with Crippen molar-refractivity contribution in [3.8, 4) is 0 Å². The maximum atomic E-state index is 6.06. The minimum atomic E-state index is -0.333. The Morgan fingerprint density at radius 3 is 1.39 bits per heavy atom. The zero-order valence-electron chi connectivity index (χ0n) is 12.6. The van der Waals surface area contributed by atoms with Crippen molar-refractivity contribution in [1.82, 2.24) is 0 Å². The Bertz CT molecular complexity index is 257. The van der Waals surface area contributed by atoms with E-state index >= 15 is 0 Å². The van der Waals surface area contributed by atoms with Crippen LogP contribution < -0.4 is 118 Å². The van der Waals surface area contributed by atoms with Gasteiger partial charge in [0.05, 0.1) is 0 Å². The van der Waals surface area contributed by atoms with Gasteiger partial charge in [0, 0.05) is 12.2 Å². The van der Waals surface area contributed by atoms with E-state index < -0.39 is 0 Å². The fraction of sp³-hybridized carbons (Fsp3) is 0.300. The van der Waals surface area contributed by atoms with Crippen LogP contribution in [0.5, 0.6) is 0 Å². The van der Waals surface area contributed by atoms with Crippen LogP contribution in [0.25, 0.3) is 0 Å². The van der Waals surface area contributed by atoms with Gasteiger partial charge in [-0.05, 0) is 26.1 Å². The third-order valence-corrected chi connectivity index (χ3v) is 1.15. The summed E-state index contributed by atoms with van der Waals surface area (Å²) in [5.41, 5.74) is 14.6. The molecule has 23 heavy (non-hydrogen) atoms. The zero-order valence-corrected chi connectivity index (χ0v) is 32.1. The zero-order chi connectivity index (χ0) is 12.1. The first-order valence-electron chi connectivity index (χ1n) is 4.63. The van der Waals surface area contributed by atoms with E-state index in [0.29, 0.717) is 0 Å². The van der Waals surface area contributed by atoms with Gasteiger partial charge in [-0.2, -0.15) is 0 Å². The van der Waals surface area contributed by atoms with E-state index in [4.69, 9.17) is 5.41 Å². The van der Waals surface area contributed by atoms with Crippen molar-refractivity contribution in [2.24, 2.45) is 17.2 Å². The third-order valence-electron chi connectivity index (χ3n) is 1.15. The summed E-state index contributed by atoms with van der Waals surface area (Å²) >= 11 is 0. The molecule has 0 atom stereocenters. The molecule has 1 rings (SSSR count). The molecule has 0 radical (unpaired) electrons. The maximum Gasteiger partial charge on any atom is 4.00 e. The van der Waals surface area contributed by atoms with E-state index in [1.54, 1.807) is 0 Å². The number of nitrogens with one attached hydrogen (secondary N) is 2. The standard InChI is InChI=1S/C8H11N.CH5N3.CH5N.7HI.Pb/c1-2-9-8-6-4-3-5-7-8;2-1(3)4;1-2;;;;;;;;/h3-7,9H,2H2,1H3;(H5,2,3,4);2H2,1H3;7*1H;/q;;;;;;;;;;+4/p-4. The monoisotopic (exact) mass is 1310 g/mol. The van der Waals surface area contributed by atoms with E-state index in [1.807, 2.05) is 18.2 Å². The van der Waals surface area contributed by atoms with Gasteiger partial charge >= 0.3 is 27.3 Å². The molecule has 0 aromatic heterocycles. The summed E-state index contributed by atoms with van der Waals surface area (Å²) in [7, 11) is 1.50. The van der Waals surface area contributed by atoms with Gasteiger partial charge in [-0.15, -0.1) is 71.9 Å². The van der Waals surface area contributed by atoms with E-state index in [9.17, 15) is 0 Å². The van der Waals surface area contributed by atoms with Gasteiger partial charge in [0.25, 0.3) is 0 Å². The molecule has 0 amide bonds. The summed E-state index contributed by atoms with van der Waals surface area (Å²) in [5.74, 6) is -0.333. The van der Waals surface area contributed by atoms with Gasteiger partial charge < -0.3 is 118 Å². The Morgan fingerprint density at radius 1 is 0.913 bits per heavy atom. The van der Waals surface area contributed by atoms with Crippen LogP contribution in [0.2, 0.25) is 0 Å². The minimum Gasteiger partial charge on any atom is -1.00 e. The van der Waals surface area contributed by atoms with Gasteiger partial charge in [-0.25, -0.2) is 0 Å². The summed E-state index contributed by atoms with van der Waals surface area (Å²) in [5, 5.41) is 9.26. The largest absolute Gasteiger partial charge is 4.00 e. The molecule has 0 fully saturated rings. The first-order chi connectivity index (χ1) is 7.16. The molecule has 1 aromatic carbocycles. The fourth-order valence-corrected chi connectivity index (χ4v) is 0.760. The molecule has 0 saturated heterocycles. The summed E-state index contributed by atoms with van der Waals surface area (Å²) in [6.45, 7) is 3.08. The van der Waals surface area contributed by atoms with Crippen molar-refractivity contribution >= 4 is 111 Å². The van der Waals surface area contributed by atoms with Crippen molar-refractivity contribution in [3.63, 3.8) is 0 Å². The third kappa shape index (κ3) is 66.4. The second-order valence-electron chi connectivity index (χ2n) is 2.35. The molecular formula is C10H24I7N5Pb. The number of hydrogen-bond donors (Lipinski definition) is 5. The van der Waals surface area contributed by atoms with Crippen LogP contribution in [0.4, 0.5) is 5.69 Å². The number of rotatable bonds is 2. The van der Waals surface area contributed by atoms with Gasteiger partial charge in [-0.3, -0.25) is 5.41 Å².